The molecule has 1 aromatic heterocycles. The van der Waals surface area contributed by atoms with E-state index in [1.165, 1.54) is 0 Å². The van der Waals surface area contributed by atoms with Crippen molar-refractivity contribution in [3.05, 3.63) is 41.7 Å². The standard InChI is InChI=1S/C16H16ClNO2/c17-10-4-7-12-8-9-13-14(16(12)19)15(18-20-13)11-5-2-1-3-6-11/h1-3,5-6,12H,4,7-10H2. The van der Waals surface area contributed by atoms with Crippen LogP contribution in [0.1, 0.15) is 35.4 Å². The molecule has 0 saturated carbocycles. The van der Waals surface area contributed by atoms with Crippen molar-refractivity contribution in [3.8, 4) is 11.3 Å². The van der Waals surface area contributed by atoms with E-state index in [2.05, 4.69) is 5.16 Å². The van der Waals surface area contributed by atoms with E-state index in [1.54, 1.807) is 0 Å². The summed E-state index contributed by atoms with van der Waals surface area (Å²) in [5.41, 5.74) is 2.30. The maximum Gasteiger partial charge on any atom is 0.171 e. The normalized spacial score (nSPS) is 18.1. The van der Waals surface area contributed by atoms with E-state index in [4.69, 9.17) is 16.1 Å². The van der Waals surface area contributed by atoms with Crippen LogP contribution in [0, 0.1) is 5.92 Å². The van der Waals surface area contributed by atoms with Crippen molar-refractivity contribution < 1.29 is 9.32 Å². The van der Waals surface area contributed by atoms with Crippen LogP contribution in [-0.2, 0) is 6.42 Å². The molecular weight excluding hydrogens is 274 g/mol. The number of fused-ring (bicyclic) bond motifs is 1. The molecular formula is C16H16ClNO2. The highest BCUT2D eigenvalue weighted by Gasteiger charge is 2.33. The molecule has 0 fully saturated rings. The molecule has 0 bridgehead atoms. The molecule has 0 amide bonds. The summed E-state index contributed by atoms with van der Waals surface area (Å²) in [6.07, 6.45) is 3.35. The number of Topliss-reactive ketones (excluding diaryl/α,β-unsaturated/α-hetero) is 1. The monoisotopic (exact) mass is 289 g/mol. The Labute approximate surface area is 122 Å². The molecule has 20 heavy (non-hydrogen) atoms. The summed E-state index contributed by atoms with van der Waals surface area (Å²) in [7, 11) is 0. The first kappa shape index (κ1) is 13.4. The van der Waals surface area contributed by atoms with E-state index < -0.39 is 0 Å². The van der Waals surface area contributed by atoms with E-state index in [1.807, 2.05) is 30.3 Å². The fourth-order valence-electron chi connectivity index (χ4n) is 2.78. The van der Waals surface area contributed by atoms with Crippen molar-refractivity contribution in [1.82, 2.24) is 5.16 Å². The Morgan fingerprint density at radius 2 is 2.10 bits per heavy atom. The molecule has 1 atom stereocenters. The molecule has 104 valence electrons. The van der Waals surface area contributed by atoms with Gasteiger partial charge in [0.15, 0.2) is 5.78 Å². The van der Waals surface area contributed by atoms with Crippen molar-refractivity contribution in [1.29, 1.82) is 0 Å². The minimum atomic E-state index is 0.0584. The molecule has 0 spiro atoms. The van der Waals surface area contributed by atoms with Crippen LogP contribution in [0.25, 0.3) is 11.3 Å². The summed E-state index contributed by atoms with van der Waals surface area (Å²) in [4.78, 5) is 12.6. The van der Waals surface area contributed by atoms with Gasteiger partial charge in [-0.25, -0.2) is 0 Å². The van der Waals surface area contributed by atoms with Crippen molar-refractivity contribution in [3.63, 3.8) is 0 Å². The van der Waals surface area contributed by atoms with Gasteiger partial charge in [-0.2, -0.15) is 0 Å². The van der Waals surface area contributed by atoms with Gasteiger partial charge in [-0.1, -0.05) is 35.5 Å². The molecule has 1 heterocycles. The fraction of sp³-hybridized carbons (Fsp3) is 0.375. The van der Waals surface area contributed by atoms with Gasteiger partial charge < -0.3 is 4.52 Å². The number of hydrogen-bond donors (Lipinski definition) is 0. The number of aromatic nitrogens is 1. The van der Waals surface area contributed by atoms with Crippen molar-refractivity contribution in [2.75, 3.05) is 5.88 Å². The minimum absolute atomic E-state index is 0.0584. The van der Waals surface area contributed by atoms with Gasteiger partial charge in [0.05, 0.1) is 5.56 Å². The average Bonchev–Trinajstić information content (AvgIpc) is 2.92. The Kier molecular flexibility index (Phi) is 3.88. The molecule has 4 heteroatoms. The summed E-state index contributed by atoms with van der Waals surface area (Å²) in [6, 6.07) is 9.73. The number of halogens is 1. The smallest absolute Gasteiger partial charge is 0.171 e. The SMILES string of the molecule is O=C1c2c(-c3ccccc3)noc2CCC1CCCCl. The highest BCUT2D eigenvalue weighted by atomic mass is 35.5. The minimum Gasteiger partial charge on any atom is -0.360 e. The lowest BCUT2D eigenvalue weighted by atomic mass is 9.82. The maximum absolute atomic E-state index is 12.6. The van der Waals surface area contributed by atoms with Crippen LogP contribution in [0.15, 0.2) is 34.9 Å². The van der Waals surface area contributed by atoms with Gasteiger partial charge in [0.1, 0.15) is 11.5 Å². The predicted molar refractivity (Wildman–Crippen MR) is 78.0 cm³/mol. The molecule has 1 aromatic carbocycles. The zero-order valence-electron chi connectivity index (χ0n) is 11.1. The average molecular weight is 290 g/mol. The van der Waals surface area contributed by atoms with Crippen LogP contribution in [0.2, 0.25) is 0 Å². The fourth-order valence-corrected chi connectivity index (χ4v) is 2.94. The maximum atomic E-state index is 12.6. The summed E-state index contributed by atoms with van der Waals surface area (Å²) >= 11 is 5.73. The number of carbonyl (C=O) groups is 1. The second-order valence-corrected chi connectivity index (χ2v) is 5.50. The summed E-state index contributed by atoms with van der Waals surface area (Å²) in [6.45, 7) is 0. The van der Waals surface area contributed by atoms with Crippen LogP contribution in [0.3, 0.4) is 0 Å². The van der Waals surface area contributed by atoms with E-state index in [0.29, 0.717) is 17.1 Å². The van der Waals surface area contributed by atoms with Gasteiger partial charge in [0.2, 0.25) is 0 Å². The third-order valence-corrected chi connectivity index (χ3v) is 4.10. The Morgan fingerprint density at radius 1 is 1.30 bits per heavy atom. The Morgan fingerprint density at radius 3 is 2.85 bits per heavy atom. The molecule has 0 saturated heterocycles. The van der Waals surface area contributed by atoms with E-state index in [9.17, 15) is 4.79 Å². The number of benzene rings is 1. The Balaban J connectivity index is 1.95. The molecule has 3 rings (SSSR count). The highest BCUT2D eigenvalue weighted by Crippen LogP contribution is 2.34. The summed E-state index contributed by atoms with van der Waals surface area (Å²) in [5.74, 6) is 1.56. The number of aryl methyl sites for hydroxylation is 1. The number of ketones is 1. The number of carbonyl (C=O) groups excluding carboxylic acids is 1. The van der Waals surface area contributed by atoms with Gasteiger partial charge >= 0.3 is 0 Å². The Bertz CT molecular complexity index is 606. The number of nitrogens with zero attached hydrogens (tertiary/aromatic N) is 1. The second kappa shape index (κ2) is 5.80. The molecule has 1 unspecified atom stereocenters. The van der Waals surface area contributed by atoms with Gasteiger partial charge in [-0.05, 0) is 19.3 Å². The van der Waals surface area contributed by atoms with Crippen LogP contribution >= 0.6 is 11.6 Å². The highest BCUT2D eigenvalue weighted by molar-refractivity contribution is 6.17. The number of hydrogen-bond acceptors (Lipinski definition) is 3. The summed E-state index contributed by atoms with van der Waals surface area (Å²) in [5, 5.41) is 4.11. The molecule has 0 radical (unpaired) electrons. The van der Waals surface area contributed by atoms with E-state index in [0.717, 1.165) is 37.0 Å². The first-order valence-corrected chi connectivity index (χ1v) is 7.49. The van der Waals surface area contributed by atoms with Gasteiger partial charge in [0.25, 0.3) is 0 Å². The van der Waals surface area contributed by atoms with Gasteiger partial charge in [0, 0.05) is 23.8 Å². The second-order valence-electron chi connectivity index (χ2n) is 5.13. The third-order valence-electron chi connectivity index (χ3n) is 3.83. The topological polar surface area (TPSA) is 43.1 Å². The molecule has 1 aliphatic rings. The first-order valence-electron chi connectivity index (χ1n) is 6.95. The number of alkyl halides is 1. The third kappa shape index (κ3) is 2.38. The zero-order valence-corrected chi connectivity index (χ0v) is 11.9. The number of rotatable bonds is 4. The van der Waals surface area contributed by atoms with Crippen LogP contribution in [-0.4, -0.2) is 16.8 Å². The lowest BCUT2D eigenvalue weighted by Crippen LogP contribution is -2.22. The van der Waals surface area contributed by atoms with Crippen LogP contribution in [0.5, 0.6) is 0 Å². The van der Waals surface area contributed by atoms with Crippen molar-refractivity contribution in [2.24, 2.45) is 5.92 Å². The lowest BCUT2D eigenvalue weighted by molar-refractivity contribution is 0.0889. The molecule has 0 N–H and O–H groups in total. The largest absolute Gasteiger partial charge is 0.360 e. The van der Waals surface area contributed by atoms with E-state index >= 15 is 0 Å². The van der Waals surface area contributed by atoms with Crippen molar-refractivity contribution >= 4 is 17.4 Å². The lowest BCUT2D eigenvalue weighted by Gasteiger charge is -2.19. The molecule has 3 nitrogen and oxygen atoms in total. The van der Waals surface area contributed by atoms with Crippen LogP contribution in [0.4, 0.5) is 0 Å². The first-order chi connectivity index (χ1) is 9.81. The van der Waals surface area contributed by atoms with Crippen molar-refractivity contribution in [2.45, 2.75) is 25.7 Å². The summed E-state index contributed by atoms with van der Waals surface area (Å²) < 4.78 is 5.37. The van der Waals surface area contributed by atoms with Crippen LogP contribution < -0.4 is 0 Å². The van der Waals surface area contributed by atoms with Gasteiger partial charge in [-0.3, -0.25) is 4.79 Å². The quantitative estimate of drug-likeness (QED) is 0.796. The van der Waals surface area contributed by atoms with Gasteiger partial charge in [-0.15, -0.1) is 11.6 Å². The Hall–Kier alpha value is -1.61. The molecule has 0 aliphatic heterocycles. The molecule has 2 aromatic rings. The zero-order chi connectivity index (χ0) is 13.9. The predicted octanol–water partition coefficient (Wildman–Crippen LogP) is 4.11. The van der Waals surface area contributed by atoms with E-state index in [-0.39, 0.29) is 11.7 Å². The molecule has 1 aliphatic carbocycles.